The molecule has 12 atom stereocenters. The van der Waals surface area contributed by atoms with E-state index in [0.717, 1.165) is 61.9 Å². The van der Waals surface area contributed by atoms with Crippen LogP contribution >= 0.6 is 0 Å². The van der Waals surface area contributed by atoms with Crippen molar-refractivity contribution in [3.63, 3.8) is 0 Å². The van der Waals surface area contributed by atoms with Gasteiger partial charge in [-0.05, 0) is 150 Å². The van der Waals surface area contributed by atoms with E-state index >= 15 is 0 Å². The van der Waals surface area contributed by atoms with Crippen LogP contribution in [0.5, 0.6) is 5.75 Å². The van der Waals surface area contributed by atoms with Gasteiger partial charge in [-0.1, -0.05) is 32.0 Å². The maximum atomic E-state index is 14.8. The number of aromatic amines is 2. The summed E-state index contributed by atoms with van der Waals surface area (Å²) >= 11 is 0. The average Bonchev–Trinajstić information content (AvgIpc) is 4.14. The minimum absolute atomic E-state index is 0.0424. The molecule has 0 aliphatic carbocycles. The lowest BCUT2D eigenvalue weighted by Gasteiger charge is -2.42. The Morgan fingerprint density at radius 1 is 0.764 bits per heavy atom. The standard InChI is InChI=1S/C55H70N8O9/c1-26-15-44(62(32(26)7)52(64)47(60-54(66)69-10)36-17-28(3)71-29(4)18-36)50-56-24-43(58-50)35-11-13-39-38(21-35)25-70-46-23-40-34(22-41(39)46)12-14-42-48(40)59-51(57-42)45-16-27(2)33(8)63(45)53(65)49(61(9)55(67)68)37-19-30(5)72-31(6)20-37/h11-14,21-24,26-33,36-37,44-45,47,49H,15-20,25H2,1-10H3,(H,56,58)(H,57,59)(H,60,66)(H,67,68)/t26-,27+,28+,29+,30+,31+,32-,33+,44-,45+,47-,49-/m0/s1. The summed E-state index contributed by atoms with van der Waals surface area (Å²) in [6.07, 6.45) is 3.72. The van der Waals surface area contributed by atoms with Crippen LogP contribution in [0.4, 0.5) is 9.59 Å². The van der Waals surface area contributed by atoms with Crippen molar-refractivity contribution in [1.82, 2.24) is 40.0 Å². The first-order valence-corrected chi connectivity index (χ1v) is 25.9. The van der Waals surface area contributed by atoms with Crippen LogP contribution in [0.15, 0.2) is 48.7 Å². The number of H-pyrrole nitrogens is 2. The first-order valence-electron chi connectivity index (χ1n) is 25.9. The number of hydrogen-bond donors (Lipinski definition) is 4. The molecule has 7 heterocycles. The third-order valence-corrected chi connectivity index (χ3v) is 16.9. The lowest BCUT2D eigenvalue weighted by atomic mass is 9.84. The summed E-state index contributed by atoms with van der Waals surface area (Å²) in [6.45, 7) is 16.8. The molecule has 4 N–H and O–H groups in total. The highest BCUT2D eigenvalue weighted by atomic mass is 16.5. The predicted octanol–water partition coefficient (Wildman–Crippen LogP) is 9.37. The lowest BCUT2D eigenvalue weighted by molar-refractivity contribution is -0.145. The molecular weight excluding hydrogens is 917 g/mol. The van der Waals surface area contributed by atoms with Crippen LogP contribution in [-0.2, 0) is 30.4 Å². The van der Waals surface area contributed by atoms with Crippen LogP contribution in [0.25, 0.3) is 44.2 Å². The summed E-state index contributed by atoms with van der Waals surface area (Å²) < 4.78 is 23.5. The number of benzene rings is 3. The van der Waals surface area contributed by atoms with Crippen molar-refractivity contribution >= 4 is 45.8 Å². The number of methoxy groups -OCH3 is 1. The van der Waals surface area contributed by atoms with Crippen LogP contribution in [0, 0.1) is 23.7 Å². The van der Waals surface area contributed by atoms with Crippen LogP contribution < -0.4 is 10.1 Å². The number of carbonyl (C=O) groups is 4. The first-order chi connectivity index (χ1) is 34.4. The van der Waals surface area contributed by atoms with Crippen molar-refractivity contribution in [1.29, 1.82) is 0 Å². The highest BCUT2D eigenvalue weighted by Crippen LogP contribution is 2.46. The third kappa shape index (κ3) is 8.94. The zero-order chi connectivity index (χ0) is 51.0. The van der Waals surface area contributed by atoms with Crippen LogP contribution in [0.2, 0.25) is 0 Å². The van der Waals surface area contributed by atoms with Gasteiger partial charge < -0.3 is 49.1 Å². The number of nitrogens with zero attached hydrogens (tertiary/aromatic N) is 5. The minimum atomic E-state index is -1.13. The van der Waals surface area contributed by atoms with E-state index in [2.05, 4.69) is 79.4 Å². The van der Waals surface area contributed by atoms with Gasteiger partial charge in [0.15, 0.2) is 0 Å². The number of aromatic nitrogens is 4. The molecule has 17 nitrogen and oxygen atoms in total. The molecule has 2 aromatic heterocycles. The SMILES string of the molecule is COC(=O)N[C@H](C(=O)N1[C@H](c2ncc(-c3ccc4c(c3)COc3cc5c(ccc6[nH]c([C@H]7C[C@@H](C)[C@@H](C)N7C(=O)[C@H](C7C[C@@H](C)O[C@H](C)C7)N(C)C(=O)O)nc65)cc3-4)[nH]2)C[C@H](C)[C@@H]1C)C1C[C@@H](C)O[C@H](C)C1. The molecule has 3 aromatic carbocycles. The lowest BCUT2D eigenvalue weighted by Crippen LogP contribution is -2.56. The van der Waals surface area contributed by atoms with Crippen LogP contribution in [0.1, 0.15) is 123 Å². The number of fused-ring (bicyclic) bond motifs is 6. The molecule has 5 aliphatic heterocycles. The van der Waals surface area contributed by atoms with E-state index in [0.29, 0.717) is 50.4 Å². The maximum absolute atomic E-state index is 14.8. The molecule has 10 rings (SSSR count). The van der Waals surface area contributed by atoms with E-state index in [1.54, 1.807) is 0 Å². The molecule has 0 radical (unpaired) electrons. The number of likely N-dealkylation sites (N-methyl/N-ethyl adjacent to an activating group) is 1. The Kier molecular flexibility index (Phi) is 13.3. The number of ether oxygens (including phenoxy) is 4. The number of amides is 4. The number of imidazole rings is 2. The van der Waals surface area contributed by atoms with Gasteiger partial charge in [-0.3, -0.25) is 14.5 Å². The second-order valence-corrected chi connectivity index (χ2v) is 21.9. The van der Waals surface area contributed by atoms with Gasteiger partial charge in [-0.25, -0.2) is 19.6 Å². The Bertz CT molecular complexity index is 2880. The molecule has 0 spiro atoms. The summed E-state index contributed by atoms with van der Waals surface area (Å²) in [5.74, 6) is 1.87. The van der Waals surface area contributed by atoms with E-state index in [1.165, 1.54) is 19.1 Å². The molecule has 0 unspecified atom stereocenters. The molecule has 0 saturated carbocycles. The molecule has 5 aromatic rings. The molecule has 4 fully saturated rings. The van der Waals surface area contributed by atoms with Crippen molar-refractivity contribution in [3.8, 4) is 28.1 Å². The van der Waals surface area contributed by atoms with E-state index < -0.39 is 24.3 Å². The second-order valence-electron chi connectivity index (χ2n) is 21.9. The third-order valence-electron chi connectivity index (χ3n) is 16.9. The fraction of sp³-hybridized carbons (Fsp3) is 0.564. The topological polar surface area (TPSA) is 205 Å². The van der Waals surface area contributed by atoms with E-state index in [1.807, 2.05) is 49.8 Å². The summed E-state index contributed by atoms with van der Waals surface area (Å²) in [5, 5.41) is 15.0. The number of nitrogens with one attached hydrogen (secondary N) is 3. The van der Waals surface area contributed by atoms with Gasteiger partial charge >= 0.3 is 12.2 Å². The number of alkyl carbamates (subject to hydrolysis) is 1. The highest BCUT2D eigenvalue weighted by Gasteiger charge is 2.49. The number of hydrogen-bond acceptors (Lipinski definition) is 10. The molecule has 384 valence electrons. The van der Waals surface area contributed by atoms with E-state index in [4.69, 9.17) is 28.9 Å². The molecule has 72 heavy (non-hydrogen) atoms. The van der Waals surface area contributed by atoms with Crippen LogP contribution in [-0.4, -0.2) is 126 Å². The molecule has 0 bridgehead atoms. The minimum Gasteiger partial charge on any atom is -0.488 e. The van der Waals surface area contributed by atoms with Crippen molar-refractivity contribution in [2.75, 3.05) is 14.2 Å². The van der Waals surface area contributed by atoms with Gasteiger partial charge in [-0.2, -0.15) is 0 Å². The van der Waals surface area contributed by atoms with E-state index in [9.17, 15) is 24.3 Å². The summed E-state index contributed by atoms with van der Waals surface area (Å²) in [6, 6.07) is 12.2. The normalized spacial score (nSPS) is 30.1. The molecule has 4 saturated heterocycles. The van der Waals surface area contributed by atoms with Crippen LogP contribution in [0.3, 0.4) is 0 Å². The van der Waals surface area contributed by atoms with Gasteiger partial charge in [0.2, 0.25) is 11.8 Å². The summed E-state index contributed by atoms with van der Waals surface area (Å²) in [7, 11) is 2.82. The molecule has 4 amide bonds. The summed E-state index contributed by atoms with van der Waals surface area (Å²) in [5.41, 5.74) is 6.47. The molecular formula is C55H70N8O9. The monoisotopic (exact) mass is 987 g/mol. The highest BCUT2D eigenvalue weighted by molar-refractivity contribution is 6.07. The number of likely N-dealkylation sites (tertiary alicyclic amines) is 2. The Balaban J connectivity index is 0.909. The van der Waals surface area contributed by atoms with Crippen molar-refractivity contribution < 1.29 is 43.2 Å². The Hall–Kier alpha value is -6.20. The maximum Gasteiger partial charge on any atom is 0.407 e. The molecule has 5 aliphatic rings. The van der Waals surface area contributed by atoms with Gasteiger partial charge in [0.1, 0.15) is 36.1 Å². The number of rotatable bonds is 9. The smallest absolute Gasteiger partial charge is 0.407 e. The first kappa shape index (κ1) is 49.4. The van der Waals surface area contributed by atoms with E-state index in [-0.39, 0.29) is 84.1 Å². The van der Waals surface area contributed by atoms with Gasteiger partial charge in [0, 0.05) is 30.1 Å². The Morgan fingerprint density at radius 3 is 2.03 bits per heavy atom. The quantitative estimate of drug-likeness (QED) is 0.110. The molecule has 17 heteroatoms. The Morgan fingerprint density at radius 2 is 1.39 bits per heavy atom. The zero-order valence-electron chi connectivity index (χ0n) is 43.1. The van der Waals surface area contributed by atoms with Gasteiger partial charge in [0.05, 0.1) is 66.5 Å². The number of carbonyl (C=O) groups excluding carboxylic acids is 3. The zero-order valence-corrected chi connectivity index (χ0v) is 43.1. The van der Waals surface area contributed by atoms with Gasteiger partial charge in [-0.15, -0.1) is 0 Å². The fourth-order valence-electron chi connectivity index (χ4n) is 13.0. The van der Waals surface area contributed by atoms with Crippen molar-refractivity contribution in [2.24, 2.45) is 23.7 Å². The number of carboxylic acid groups (broad SMARTS) is 1. The largest absolute Gasteiger partial charge is 0.488 e. The average molecular weight is 987 g/mol. The predicted molar refractivity (Wildman–Crippen MR) is 271 cm³/mol. The van der Waals surface area contributed by atoms with Crippen molar-refractivity contribution in [3.05, 3.63) is 65.9 Å². The Labute approximate surface area is 420 Å². The van der Waals surface area contributed by atoms with Crippen molar-refractivity contribution in [2.45, 2.75) is 161 Å². The fourth-order valence-corrected chi connectivity index (χ4v) is 13.0. The van der Waals surface area contributed by atoms with Gasteiger partial charge in [0.25, 0.3) is 0 Å². The second kappa shape index (κ2) is 19.3. The summed E-state index contributed by atoms with van der Waals surface area (Å²) in [4.78, 5) is 77.0.